The molecule has 30 heavy (non-hydrogen) atoms. The molecule has 0 spiro atoms. The molecule has 6 nitrogen and oxygen atoms in total. The van der Waals surface area contributed by atoms with E-state index in [9.17, 15) is 4.79 Å². The van der Waals surface area contributed by atoms with Crippen molar-refractivity contribution in [3.63, 3.8) is 0 Å². The Hall–Kier alpha value is -3.93. The van der Waals surface area contributed by atoms with Crippen molar-refractivity contribution in [2.24, 2.45) is 0 Å². The number of carbonyl (C=O) groups excluding carboxylic acids is 1. The maximum Gasteiger partial charge on any atom is 0.257 e. The minimum atomic E-state index is -0.116. The Morgan fingerprint density at radius 1 is 1.00 bits per heavy atom. The van der Waals surface area contributed by atoms with Crippen molar-refractivity contribution < 1.29 is 9.53 Å². The lowest BCUT2D eigenvalue weighted by molar-refractivity contribution is 0.0786. The minimum Gasteiger partial charge on any atom is -0.496 e. The van der Waals surface area contributed by atoms with Gasteiger partial charge in [-0.1, -0.05) is 30.3 Å². The number of aromatic nitrogens is 3. The van der Waals surface area contributed by atoms with E-state index < -0.39 is 0 Å². The van der Waals surface area contributed by atoms with Crippen molar-refractivity contribution in [1.29, 1.82) is 0 Å². The van der Waals surface area contributed by atoms with Gasteiger partial charge in [0.1, 0.15) is 11.4 Å². The molecule has 0 aliphatic carbocycles. The first-order valence-electron chi connectivity index (χ1n) is 9.60. The van der Waals surface area contributed by atoms with Gasteiger partial charge >= 0.3 is 0 Å². The number of carbonyl (C=O) groups is 1. The third-order valence-electron chi connectivity index (χ3n) is 4.84. The fraction of sp³-hybridized carbons (Fsp3) is 0.125. The predicted octanol–water partition coefficient (Wildman–Crippen LogP) is 4.22. The highest BCUT2D eigenvalue weighted by Crippen LogP contribution is 2.32. The van der Waals surface area contributed by atoms with Crippen LogP contribution in [0.15, 0.2) is 85.3 Å². The number of pyridine rings is 1. The number of rotatable bonds is 6. The maximum absolute atomic E-state index is 13.4. The lowest BCUT2D eigenvalue weighted by Crippen LogP contribution is -2.26. The standard InChI is InChI=1S/C24H22N4O2/c1-27(16-18-12-14-25-15-13-18)24(29)21-17-28(19-8-4-3-5-9-19)26-23(21)20-10-6-7-11-22(20)30-2/h3-15,17H,16H2,1-2H3. The van der Waals surface area contributed by atoms with E-state index in [0.717, 1.165) is 16.8 Å². The lowest BCUT2D eigenvalue weighted by atomic mass is 10.1. The van der Waals surface area contributed by atoms with Gasteiger partial charge in [-0.05, 0) is 42.0 Å². The van der Waals surface area contributed by atoms with Crippen molar-refractivity contribution in [2.45, 2.75) is 6.54 Å². The number of hydrogen-bond acceptors (Lipinski definition) is 4. The molecule has 2 heterocycles. The molecule has 0 saturated heterocycles. The Morgan fingerprint density at radius 2 is 1.70 bits per heavy atom. The molecule has 4 rings (SSSR count). The van der Waals surface area contributed by atoms with E-state index >= 15 is 0 Å². The Balaban J connectivity index is 1.77. The van der Waals surface area contributed by atoms with E-state index in [1.54, 1.807) is 42.3 Å². The zero-order valence-electron chi connectivity index (χ0n) is 16.9. The van der Waals surface area contributed by atoms with Gasteiger partial charge in [0.15, 0.2) is 0 Å². The SMILES string of the molecule is COc1ccccc1-c1nn(-c2ccccc2)cc1C(=O)N(C)Cc1ccncc1. The summed E-state index contributed by atoms with van der Waals surface area (Å²) in [5.74, 6) is 0.552. The number of para-hydroxylation sites is 2. The van der Waals surface area contributed by atoms with Crippen LogP contribution < -0.4 is 4.74 Å². The van der Waals surface area contributed by atoms with Crippen LogP contribution in [0.4, 0.5) is 0 Å². The predicted molar refractivity (Wildman–Crippen MR) is 116 cm³/mol. The average molecular weight is 398 g/mol. The topological polar surface area (TPSA) is 60.3 Å². The molecule has 0 fully saturated rings. The van der Waals surface area contributed by atoms with Gasteiger partial charge in [0.25, 0.3) is 5.91 Å². The first-order chi connectivity index (χ1) is 14.7. The number of amides is 1. The van der Waals surface area contributed by atoms with Crippen molar-refractivity contribution in [3.05, 3.63) is 96.4 Å². The summed E-state index contributed by atoms with van der Waals surface area (Å²) in [5.41, 5.74) is 3.76. The summed E-state index contributed by atoms with van der Waals surface area (Å²) in [7, 11) is 3.40. The number of hydrogen-bond donors (Lipinski definition) is 0. The zero-order valence-corrected chi connectivity index (χ0v) is 16.9. The molecule has 4 aromatic rings. The third kappa shape index (κ3) is 3.93. The Labute approximate surface area is 175 Å². The van der Waals surface area contributed by atoms with Crippen molar-refractivity contribution >= 4 is 5.91 Å². The first-order valence-corrected chi connectivity index (χ1v) is 9.60. The van der Waals surface area contributed by atoms with Crippen LogP contribution in [0.1, 0.15) is 15.9 Å². The molecule has 1 amide bonds. The van der Waals surface area contributed by atoms with E-state index in [2.05, 4.69) is 4.98 Å². The second kappa shape index (κ2) is 8.61. The van der Waals surface area contributed by atoms with Crippen LogP contribution in [0.25, 0.3) is 16.9 Å². The Kier molecular flexibility index (Phi) is 5.57. The molecule has 0 saturated carbocycles. The van der Waals surface area contributed by atoms with Gasteiger partial charge in [-0.3, -0.25) is 9.78 Å². The molecule has 2 aromatic heterocycles. The molecule has 0 radical (unpaired) electrons. The fourth-order valence-corrected chi connectivity index (χ4v) is 3.32. The number of ether oxygens (including phenoxy) is 1. The van der Waals surface area contributed by atoms with E-state index in [-0.39, 0.29) is 5.91 Å². The summed E-state index contributed by atoms with van der Waals surface area (Å²) in [6.45, 7) is 0.475. The molecule has 0 aliphatic heterocycles. The van der Waals surface area contributed by atoms with Gasteiger partial charge in [0, 0.05) is 37.7 Å². The Morgan fingerprint density at radius 3 is 2.43 bits per heavy atom. The van der Waals surface area contributed by atoms with Crippen LogP contribution in [-0.4, -0.2) is 39.7 Å². The molecular weight excluding hydrogens is 376 g/mol. The second-order valence-corrected chi connectivity index (χ2v) is 6.89. The van der Waals surface area contributed by atoms with Gasteiger partial charge < -0.3 is 9.64 Å². The van der Waals surface area contributed by atoms with Crippen molar-refractivity contribution in [3.8, 4) is 22.7 Å². The molecule has 0 N–H and O–H groups in total. The van der Waals surface area contributed by atoms with E-state index in [1.807, 2.05) is 66.7 Å². The van der Waals surface area contributed by atoms with Crippen LogP contribution in [0.2, 0.25) is 0 Å². The van der Waals surface area contributed by atoms with E-state index in [1.165, 1.54) is 0 Å². The minimum absolute atomic E-state index is 0.116. The summed E-state index contributed by atoms with van der Waals surface area (Å²) >= 11 is 0. The lowest BCUT2D eigenvalue weighted by Gasteiger charge is -2.17. The number of methoxy groups -OCH3 is 1. The smallest absolute Gasteiger partial charge is 0.257 e. The highest BCUT2D eigenvalue weighted by atomic mass is 16.5. The van der Waals surface area contributed by atoms with Crippen LogP contribution >= 0.6 is 0 Å². The van der Waals surface area contributed by atoms with Crippen molar-refractivity contribution in [2.75, 3.05) is 14.2 Å². The van der Waals surface area contributed by atoms with Crippen LogP contribution in [0.3, 0.4) is 0 Å². The normalized spacial score (nSPS) is 10.6. The zero-order chi connectivity index (χ0) is 20.9. The first kappa shape index (κ1) is 19.4. The summed E-state index contributed by atoms with van der Waals surface area (Å²) in [6, 6.07) is 21.1. The fourth-order valence-electron chi connectivity index (χ4n) is 3.32. The molecule has 6 heteroatoms. The number of benzene rings is 2. The van der Waals surface area contributed by atoms with E-state index in [0.29, 0.717) is 23.6 Å². The quantitative estimate of drug-likeness (QED) is 0.488. The third-order valence-corrected chi connectivity index (χ3v) is 4.84. The molecular formula is C24H22N4O2. The summed E-state index contributed by atoms with van der Waals surface area (Å²) in [5, 5.41) is 4.75. The average Bonchev–Trinajstić information content (AvgIpc) is 3.25. The summed E-state index contributed by atoms with van der Waals surface area (Å²) < 4.78 is 7.26. The van der Waals surface area contributed by atoms with Gasteiger partial charge in [-0.25, -0.2) is 4.68 Å². The molecule has 0 unspecified atom stereocenters. The van der Waals surface area contributed by atoms with Crippen LogP contribution in [-0.2, 0) is 6.54 Å². The molecule has 0 atom stereocenters. The van der Waals surface area contributed by atoms with Crippen LogP contribution in [0, 0.1) is 0 Å². The molecule has 0 bridgehead atoms. The highest BCUT2D eigenvalue weighted by molar-refractivity contribution is 6.00. The van der Waals surface area contributed by atoms with E-state index in [4.69, 9.17) is 9.84 Å². The monoisotopic (exact) mass is 398 g/mol. The van der Waals surface area contributed by atoms with Gasteiger partial charge in [0.2, 0.25) is 0 Å². The highest BCUT2D eigenvalue weighted by Gasteiger charge is 2.23. The summed E-state index contributed by atoms with van der Waals surface area (Å²) in [4.78, 5) is 19.1. The second-order valence-electron chi connectivity index (χ2n) is 6.89. The maximum atomic E-state index is 13.4. The van der Waals surface area contributed by atoms with Gasteiger partial charge in [-0.15, -0.1) is 0 Å². The number of nitrogens with zero attached hydrogens (tertiary/aromatic N) is 4. The molecule has 2 aromatic carbocycles. The van der Waals surface area contributed by atoms with Gasteiger partial charge in [0.05, 0.1) is 18.4 Å². The van der Waals surface area contributed by atoms with Crippen LogP contribution in [0.5, 0.6) is 5.75 Å². The summed E-state index contributed by atoms with van der Waals surface area (Å²) in [6.07, 6.45) is 5.23. The van der Waals surface area contributed by atoms with Gasteiger partial charge in [-0.2, -0.15) is 5.10 Å². The largest absolute Gasteiger partial charge is 0.496 e. The molecule has 150 valence electrons. The molecule has 0 aliphatic rings. The van der Waals surface area contributed by atoms with Crippen molar-refractivity contribution in [1.82, 2.24) is 19.7 Å². The Bertz CT molecular complexity index is 1140.